The van der Waals surface area contributed by atoms with Gasteiger partial charge < -0.3 is 16.4 Å². The second-order valence-electron chi connectivity index (χ2n) is 10.2. The van der Waals surface area contributed by atoms with Crippen LogP contribution in [0, 0.1) is 22.7 Å². The van der Waals surface area contributed by atoms with Gasteiger partial charge in [0.15, 0.2) is 5.78 Å². The molecule has 158 valence electrons. The van der Waals surface area contributed by atoms with E-state index < -0.39 is 17.5 Å². The predicted molar refractivity (Wildman–Crippen MR) is 110 cm³/mol. The molecule has 0 fully saturated rings. The minimum absolute atomic E-state index is 0.00832. The molecule has 0 spiro atoms. The van der Waals surface area contributed by atoms with Crippen molar-refractivity contribution < 1.29 is 14.4 Å². The number of primary amides is 1. The first-order valence-electron chi connectivity index (χ1n) is 10.0. The summed E-state index contributed by atoms with van der Waals surface area (Å²) in [6.07, 6.45) is 2.62. The van der Waals surface area contributed by atoms with Crippen molar-refractivity contribution in [2.75, 3.05) is 6.54 Å². The van der Waals surface area contributed by atoms with E-state index in [-0.39, 0.29) is 23.0 Å². The lowest BCUT2D eigenvalue weighted by Crippen LogP contribution is -2.48. The van der Waals surface area contributed by atoms with Crippen LogP contribution in [-0.4, -0.2) is 30.3 Å². The Morgan fingerprint density at radius 2 is 1.56 bits per heavy atom. The Labute approximate surface area is 165 Å². The van der Waals surface area contributed by atoms with Crippen molar-refractivity contribution in [1.29, 1.82) is 0 Å². The van der Waals surface area contributed by atoms with Crippen LogP contribution in [-0.2, 0) is 9.59 Å². The number of nitrogens with one attached hydrogen (secondary N) is 2. The smallest absolute Gasteiger partial charge is 0.312 e. The first kappa shape index (κ1) is 25.4. The molecule has 0 aliphatic rings. The van der Waals surface area contributed by atoms with Gasteiger partial charge in [-0.1, -0.05) is 55.4 Å². The molecule has 27 heavy (non-hydrogen) atoms. The third-order valence-electron chi connectivity index (χ3n) is 4.33. The summed E-state index contributed by atoms with van der Waals surface area (Å²) in [5, 5.41) is 5.53. The van der Waals surface area contributed by atoms with Gasteiger partial charge >= 0.3 is 6.03 Å². The summed E-state index contributed by atoms with van der Waals surface area (Å²) in [5.41, 5.74) is 4.56. The molecule has 4 N–H and O–H groups in total. The van der Waals surface area contributed by atoms with Crippen LogP contribution in [0.2, 0.25) is 0 Å². The third-order valence-corrected chi connectivity index (χ3v) is 4.33. The standard InChI is InChI=1S/C21H41N3O3/c1-14(2)12-15(13-20(3,4)5)18(26)24-16(17(25)21(6,7)8)10-9-11-23-19(22)27/h14-16H,9-13H2,1-8H3,(H,24,26)(H3,22,23,27). The molecule has 0 rings (SSSR count). The van der Waals surface area contributed by atoms with Gasteiger partial charge in [0.2, 0.25) is 5.91 Å². The van der Waals surface area contributed by atoms with Gasteiger partial charge in [-0.2, -0.15) is 0 Å². The second kappa shape index (κ2) is 10.7. The molecule has 0 heterocycles. The normalized spacial score (nSPS) is 14.6. The summed E-state index contributed by atoms with van der Waals surface area (Å²) < 4.78 is 0. The van der Waals surface area contributed by atoms with Gasteiger partial charge in [0, 0.05) is 17.9 Å². The number of hydrogen-bond donors (Lipinski definition) is 3. The quantitative estimate of drug-likeness (QED) is 0.502. The van der Waals surface area contributed by atoms with Gasteiger partial charge in [0.05, 0.1) is 6.04 Å². The fourth-order valence-electron chi connectivity index (χ4n) is 3.19. The molecule has 0 bridgehead atoms. The highest BCUT2D eigenvalue weighted by Crippen LogP contribution is 2.29. The summed E-state index contributed by atoms with van der Waals surface area (Å²) in [6.45, 7) is 16.6. The molecule has 0 aliphatic carbocycles. The maximum atomic E-state index is 13.0. The molecular weight excluding hydrogens is 342 g/mol. The summed E-state index contributed by atoms with van der Waals surface area (Å²) in [5.74, 6) is 0.238. The first-order chi connectivity index (χ1) is 12.1. The van der Waals surface area contributed by atoms with Crippen LogP contribution in [0.1, 0.15) is 81.1 Å². The number of amides is 3. The number of urea groups is 1. The largest absolute Gasteiger partial charge is 0.352 e. The number of ketones is 1. The maximum absolute atomic E-state index is 13.0. The number of carbonyl (C=O) groups excluding carboxylic acids is 3. The Morgan fingerprint density at radius 1 is 1.00 bits per heavy atom. The number of hydrogen-bond acceptors (Lipinski definition) is 3. The van der Waals surface area contributed by atoms with E-state index in [4.69, 9.17) is 5.73 Å². The van der Waals surface area contributed by atoms with E-state index in [9.17, 15) is 14.4 Å². The fourth-order valence-corrected chi connectivity index (χ4v) is 3.19. The van der Waals surface area contributed by atoms with Crippen molar-refractivity contribution in [3.8, 4) is 0 Å². The molecule has 0 aromatic rings. The number of nitrogens with two attached hydrogens (primary N) is 1. The Kier molecular flexibility index (Phi) is 10.0. The lowest BCUT2D eigenvalue weighted by Gasteiger charge is -2.30. The van der Waals surface area contributed by atoms with E-state index in [0.717, 1.165) is 12.8 Å². The monoisotopic (exact) mass is 383 g/mol. The molecular formula is C21H41N3O3. The van der Waals surface area contributed by atoms with Crippen molar-refractivity contribution in [1.82, 2.24) is 10.6 Å². The van der Waals surface area contributed by atoms with Crippen molar-refractivity contribution in [2.45, 2.75) is 87.1 Å². The average molecular weight is 384 g/mol. The Morgan fingerprint density at radius 3 is 1.96 bits per heavy atom. The zero-order valence-electron chi connectivity index (χ0n) is 18.6. The molecule has 6 heteroatoms. The fraction of sp³-hybridized carbons (Fsp3) is 0.857. The molecule has 0 saturated carbocycles. The second-order valence-corrected chi connectivity index (χ2v) is 10.2. The van der Waals surface area contributed by atoms with Crippen LogP contribution in [0.3, 0.4) is 0 Å². The summed E-state index contributed by atoms with van der Waals surface area (Å²) in [7, 11) is 0. The topological polar surface area (TPSA) is 101 Å². The van der Waals surface area contributed by atoms with E-state index in [1.165, 1.54) is 0 Å². The molecule has 6 nitrogen and oxygen atoms in total. The van der Waals surface area contributed by atoms with E-state index in [0.29, 0.717) is 25.3 Å². The van der Waals surface area contributed by atoms with Crippen molar-refractivity contribution in [3.63, 3.8) is 0 Å². The highest BCUT2D eigenvalue weighted by Gasteiger charge is 2.33. The summed E-state index contributed by atoms with van der Waals surface area (Å²) in [4.78, 5) is 36.6. The Balaban J connectivity index is 5.19. The summed E-state index contributed by atoms with van der Waals surface area (Å²) in [6, 6.07) is -1.14. The molecule has 3 amide bonds. The van der Waals surface area contributed by atoms with Gasteiger partial charge in [-0.05, 0) is 37.0 Å². The van der Waals surface area contributed by atoms with Crippen LogP contribution < -0.4 is 16.4 Å². The molecule has 0 aromatic heterocycles. The van der Waals surface area contributed by atoms with Gasteiger partial charge in [-0.15, -0.1) is 0 Å². The van der Waals surface area contributed by atoms with E-state index in [1.807, 2.05) is 20.8 Å². The zero-order chi connectivity index (χ0) is 21.4. The minimum atomic E-state index is -0.583. The minimum Gasteiger partial charge on any atom is -0.352 e. The van der Waals surface area contributed by atoms with Crippen LogP contribution in [0.25, 0.3) is 0 Å². The van der Waals surface area contributed by atoms with Gasteiger partial charge in [0.25, 0.3) is 0 Å². The predicted octanol–water partition coefficient (Wildman–Crippen LogP) is 3.63. The maximum Gasteiger partial charge on any atom is 0.312 e. The van der Waals surface area contributed by atoms with Crippen molar-refractivity contribution in [2.24, 2.45) is 28.4 Å². The lowest BCUT2D eigenvalue weighted by atomic mass is 9.80. The van der Waals surface area contributed by atoms with E-state index in [1.54, 1.807) is 0 Å². The van der Waals surface area contributed by atoms with Crippen LogP contribution >= 0.6 is 0 Å². The van der Waals surface area contributed by atoms with Crippen LogP contribution in [0.15, 0.2) is 0 Å². The molecule has 0 aromatic carbocycles. The van der Waals surface area contributed by atoms with Gasteiger partial charge in [-0.3, -0.25) is 9.59 Å². The highest BCUT2D eigenvalue weighted by atomic mass is 16.2. The number of carbonyl (C=O) groups is 3. The summed E-state index contributed by atoms with van der Waals surface area (Å²) >= 11 is 0. The molecule has 0 radical (unpaired) electrons. The Bertz CT molecular complexity index is 502. The average Bonchev–Trinajstić information content (AvgIpc) is 2.45. The third kappa shape index (κ3) is 11.7. The molecule has 0 saturated heterocycles. The molecule has 0 aliphatic heterocycles. The molecule has 2 atom stereocenters. The van der Waals surface area contributed by atoms with Gasteiger partial charge in [-0.25, -0.2) is 4.79 Å². The van der Waals surface area contributed by atoms with Crippen LogP contribution in [0.4, 0.5) is 4.79 Å². The lowest BCUT2D eigenvalue weighted by molar-refractivity contribution is -0.134. The SMILES string of the molecule is CC(C)CC(CC(C)(C)C)C(=O)NC(CCCNC(N)=O)C(=O)C(C)(C)C. The Hall–Kier alpha value is -1.59. The van der Waals surface area contributed by atoms with Gasteiger partial charge in [0.1, 0.15) is 0 Å². The molecule has 2 unspecified atom stereocenters. The number of Topliss-reactive ketones (excluding diaryl/α,β-unsaturated/α-hetero) is 1. The first-order valence-corrected chi connectivity index (χ1v) is 10.0. The van der Waals surface area contributed by atoms with Crippen molar-refractivity contribution >= 4 is 17.7 Å². The highest BCUT2D eigenvalue weighted by molar-refractivity contribution is 5.92. The van der Waals surface area contributed by atoms with Crippen LogP contribution in [0.5, 0.6) is 0 Å². The van der Waals surface area contributed by atoms with E-state index in [2.05, 4.69) is 45.3 Å². The zero-order valence-corrected chi connectivity index (χ0v) is 18.6. The van der Waals surface area contributed by atoms with E-state index >= 15 is 0 Å². The number of rotatable bonds is 10. The van der Waals surface area contributed by atoms with Crippen molar-refractivity contribution in [3.05, 3.63) is 0 Å².